The Kier molecular flexibility index (Phi) is 3.87. The number of Topliss-reactive ketones (excluding diaryl/α,β-unsaturated/α-hetero) is 1. The first-order valence-corrected chi connectivity index (χ1v) is 4.97. The Bertz CT molecular complexity index is 348. The Morgan fingerprint density at radius 1 is 1.23 bits per heavy atom. The zero-order valence-corrected chi connectivity index (χ0v) is 9.31. The minimum atomic E-state index is -0.295. The van der Waals surface area contributed by atoms with E-state index in [2.05, 4.69) is 0 Å². The van der Waals surface area contributed by atoms with Crippen molar-refractivity contribution in [3.63, 3.8) is 0 Å². The largest absolute Gasteiger partial charge is 0.293 e. The van der Waals surface area contributed by atoms with Gasteiger partial charge in [0.25, 0.3) is 0 Å². The van der Waals surface area contributed by atoms with Crippen LogP contribution in [0.5, 0.6) is 0 Å². The molecule has 0 heterocycles. The van der Waals surface area contributed by atoms with Crippen molar-refractivity contribution in [2.75, 3.05) is 5.88 Å². The number of halogens is 4. The summed E-state index contributed by atoms with van der Waals surface area (Å²) in [6.07, 6.45) is 0. The molecule has 0 aliphatic rings. The molecule has 13 heavy (non-hydrogen) atoms. The Hall–Kier alpha value is 0.0500. The predicted octanol–water partition coefficient (Wildman–Crippen LogP) is 4.07. The molecule has 0 N–H and O–H groups in total. The summed E-state index contributed by atoms with van der Waals surface area (Å²) in [5.74, 6) is -0.438. The third-order valence-corrected chi connectivity index (χ3v) is 2.68. The number of alkyl halides is 1. The molecule has 0 bridgehead atoms. The Morgan fingerprint density at radius 3 is 2.38 bits per heavy atom. The smallest absolute Gasteiger partial charge is 0.179 e. The van der Waals surface area contributed by atoms with Crippen LogP contribution in [0.1, 0.15) is 10.4 Å². The van der Waals surface area contributed by atoms with Crippen molar-refractivity contribution in [1.82, 2.24) is 0 Å². The first kappa shape index (κ1) is 11.1. The average Bonchev–Trinajstić information content (AvgIpc) is 2.10. The lowest BCUT2D eigenvalue weighted by molar-refractivity contribution is 0.102. The number of rotatable bonds is 2. The average molecular weight is 258 g/mol. The maximum Gasteiger partial charge on any atom is 0.179 e. The van der Waals surface area contributed by atoms with Gasteiger partial charge >= 0.3 is 0 Å². The van der Waals surface area contributed by atoms with Crippen molar-refractivity contribution >= 4 is 52.2 Å². The van der Waals surface area contributed by atoms with Crippen LogP contribution in [0.25, 0.3) is 0 Å². The van der Waals surface area contributed by atoms with E-state index in [0.717, 1.165) is 0 Å². The zero-order chi connectivity index (χ0) is 10.0. The summed E-state index contributed by atoms with van der Waals surface area (Å²) in [6, 6.07) is 2.91. The van der Waals surface area contributed by atoms with Crippen LogP contribution in [0.2, 0.25) is 15.1 Å². The molecule has 1 nitrogen and oxygen atoms in total. The molecule has 0 amide bonds. The molecule has 0 atom stereocenters. The molecule has 1 rings (SSSR count). The molecule has 70 valence electrons. The van der Waals surface area contributed by atoms with E-state index in [0.29, 0.717) is 5.02 Å². The van der Waals surface area contributed by atoms with Gasteiger partial charge in [-0.3, -0.25) is 4.79 Å². The summed E-state index contributed by atoms with van der Waals surface area (Å²) in [7, 11) is 0. The fraction of sp³-hybridized carbons (Fsp3) is 0.125. The minimum Gasteiger partial charge on any atom is -0.293 e. The van der Waals surface area contributed by atoms with Crippen molar-refractivity contribution < 1.29 is 4.79 Å². The van der Waals surface area contributed by atoms with Crippen molar-refractivity contribution in [3.05, 3.63) is 32.8 Å². The summed E-state index contributed by atoms with van der Waals surface area (Å²) in [5.41, 5.74) is 0.258. The number of carbonyl (C=O) groups is 1. The van der Waals surface area contributed by atoms with Gasteiger partial charge in [-0.1, -0.05) is 34.8 Å². The van der Waals surface area contributed by atoms with Crippen molar-refractivity contribution in [2.24, 2.45) is 0 Å². The summed E-state index contributed by atoms with van der Waals surface area (Å²) >= 11 is 22.5. The van der Waals surface area contributed by atoms with Crippen LogP contribution in [0.15, 0.2) is 12.1 Å². The third kappa shape index (κ3) is 2.50. The summed E-state index contributed by atoms with van der Waals surface area (Å²) in [6.45, 7) is 0. The molecule has 1 aromatic carbocycles. The van der Waals surface area contributed by atoms with Crippen LogP contribution in [-0.4, -0.2) is 11.7 Å². The Morgan fingerprint density at radius 2 is 1.85 bits per heavy atom. The topological polar surface area (TPSA) is 17.1 Å². The molecule has 0 aliphatic heterocycles. The van der Waals surface area contributed by atoms with E-state index in [1.807, 2.05) is 0 Å². The highest BCUT2D eigenvalue weighted by Crippen LogP contribution is 2.30. The second-order valence-corrected chi connectivity index (χ2v) is 3.79. The maximum atomic E-state index is 11.2. The van der Waals surface area contributed by atoms with Gasteiger partial charge in [0.2, 0.25) is 0 Å². The van der Waals surface area contributed by atoms with Gasteiger partial charge in [-0.2, -0.15) is 0 Å². The molecule has 0 saturated heterocycles. The van der Waals surface area contributed by atoms with Crippen molar-refractivity contribution in [1.29, 1.82) is 0 Å². The van der Waals surface area contributed by atoms with E-state index < -0.39 is 0 Å². The quantitative estimate of drug-likeness (QED) is 0.444. The van der Waals surface area contributed by atoms with Crippen LogP contribution in [-0.2, 0) is 0 Å². The molecule has 5 heteroatoms. The van der Waals surface area contributed by atoms with E-state index in [-0.39, 0.29) is 27.3 Å². The number of hydrogen-bond acceptors (Lipinski definition) is 1. The Labute approximate surface area is 95.5 Å². The molecular weight excluding hydrogens is 254 g/mol. The highest BCUT2D eigenvalue weighted by molar-refractivity contribution is 6.46. The zero-order valence-electron chi connectivity index (χ0n) is 6.28. The van der Waals surface area contributed by atoms with E-state index >= 15 is 0 Å². The molecular formula is C8H4Cl4O. The van der Waals surface area contributed by atoms with Crippen molar-refractivity contribution in [2.45, 2.75) is 0 Å². The Balaban J connectivity index is 3.28. The SMILES string of the molecule is O=C(CCl)c1cc(Cl)cc(Cl)c1Cl. The van der Waals surface area contributed by atoms with Crippen molar-refractivity contribution in [3.8, 4) is 0 Å². The molecule has 0 unspecified atom stereocenters. The third-order valence-electron chi connectivity index (χ3n) is 1.41. The molecule has 0 radical (unpaired) electrons. The van der Waals surface area contributed by atoms with Gasteiger partial charge in [0.1, 0.15) is 0 Å². The van der Waals surface area contributed by atoms with Crippen LogP contribution in [0, 0.1) is 0 Å². The van der Waals surface area contributed by atoms with E-state index in [1.54, 1.807) is 0 Å². The summed E-state index contributed by atoms with van der Waals surface area (Å²) in [4.78, 5) is 11.2. The van der Waals surface area contributed by atoms with Crippen LogP contribution in [0.3, 0.4) is 0 Å². The lowest BCUT2D eigenvalue weighted by Gasteiger charge is -2.03. The molecule has 0 fully saturated rings. The monoisotopic (exact) mass is 256 g/mol. The maximum absolute atomic E-state index is 11.2. The predicted molar refractivity (Wildman–Crippen MR) is 56.5 cm³/mol. The fourth-order valence-corrected chi connectivity index (χ4v) is 1.68. The van der Waals surface area contributed by atoms with Gasteiger partial charge < -0.3 is 0 Å². The number of ketones is 1. The van der Waals surface area contributed by atoms with Crippen LogP contribution < -0.4 is 0 Å². The first-order chi connectivity index (χ1) is 6.06. The number of benzene rings is 1. The second-order valence-electron chi connectivity index (χ2n) is 2.31. The van der Waals surface area contributed by atoms with Gasteiger partial charge in [-0.05, 0) is 12.1 Å². The van der Waals surface area contributed by atoms with Gasteiger partial charge in [0.05, 0.1) is 15.9 Å². The normalized spacial score (nSPS) is 10.2. The highest BCUT2D eigenvalue weighted by atomic mass is 35.5. The van der Waals surface area contributed by atoms with Crippen LogP contribution in [0.4, 0.5) is 0 Å². The van der Waals surface area contributed by atoms with Gasteiger partial charge in [0.15, 0.2) is 5.78 Å². The van der Waals surface area contributed by atoms with Gasteiger partial charge in [0, 0.05) is 10.6 Å². The fourth-order valence-electron chi connectivity index (χ4n) is 0.831. The number of carbonyl (C=O) groups excluding carboxylic acids is 1. The standard InChI is InChI=1S/C8H4Cl4O/c9-3-7(13)5-1-4(10)2-6(11)8(5)12/h1-2H,3H2. The lowest BCUT2D eigenvalue weighted by atomic mass is 10.1. The summed E-state index contributed by atoms with van der Waals surface area (Å²) < 4.78 is 0. The lowest BCUT2D eigenvalue weighted by Crippen LogP contribution is -2.01. The van der Waals surface area contributed by atoms with E-state index in [1.165, 1.54) is 12.1 Å². The van der Waals surface area contributed by atoms with Gasteiger partial charge in [-0.25, -0.2) is 0 Å². The molecule has 0 aliphatic carbocycles. The second kappa shape index (κ2) is 4.52. The highest BCUT2D eigenvalue weighted by Gasteiger charge is 2.12. The molecule has 0 saturated carbocycles. The molecule has 1 aromatic rings. The van der Waals surface area contributed by atoms with E-state index in [4.69, 9.17) is 46.4 Å². The summed E-state index contributed by atoms with van der Waals surface area (Å²) in [5, 5.41) is 0.808. The number of hydrogen-bond donors (Lipinski definition) is 0. The van der Waals surface area contributed by atoms with Crippen LogP contribution >= 0.6 is 46.4 Å². The molecule has 0 aromatic heterocycles. The van der Waals surface area contributed by atoms with Gasteiger partial charge in [-0.15, -0.1) is 11.6 Å². The first-order valence-electron chi connectivity index (χ1n) is 3.30. The molecule has 0 spiro atoms. The van der Waals surface area contributed by atoms with E-state index in [9.17, 15) is 4.79 Å². The minimum absolute atomic E-state index is 0.142.